The summed E-state index contributed by atoms with van der Waals surface area (Å²) in [5.41, 5.74) is 0.437. The summed E-state index contributed by atoms with van der Waals surface area (Å²) in [6.45, 7) is 3.65. The highest BCUT2D eigenvalue weighted by molar-refractivity contribution is 5.99. The second-order valence-corrected chi connectivity index (χ2v) is 7.43. The first-order chi connectivity index (χ1) is 11.8. The maximum absolute atomic E-state index is 11.9. The molecule has 0 saturated heterocycles. The lowest BCUT2D eigenvalue weighted by molar-refractivity contribution is -0.132. The number of hydrazone groups is 1. The molecule has 0 bridgehead atoms. The Labute approximate surface area is 145 Å². The lowest BCUT2D eigenvalue weighted by atomic mass is 9.85. The van der Waals surface area contributed by atoms with Gasteiger partial charge in [-0.15, -0.1) is 0 Å². The van der Waals surface area contributed by atoms with Crippen LogP contribution in [0, 0.1) is 23.2 Å². The van der Waals surface area contributed by atoms with Crippen LogP contribution in [0.15, 0.2) is 23.3 Å². The second kappa shape index (κ2) is 5.20. The summed E-state index contributed by atoms with van der Waals surface area (Å²) in [6.07, 6.45) is -0.0558. The average Bonchev–Trinajstić information content (AvgIpc) is 3.37. The summed E-state index contributed by atoms with van der Waals surface area (Å²) >= 11 is 0. The fourth-order valence-electron chi connectivity index (χ4n) is 3.62. The minimum Gasteiger partial charge on any atom is -0.485 e. The van der Waals surface area contributed by atoms with E-state index in [1.165, 1.54) is 5.01 Å². The Kier molecular flexibility index (Phi) is 3.31. The van der Waals surface area contributed by atoms with E-state index in [1.807, 2.05) is 13.8 Å². The molecule has 2 heterocycles. The Balaban J connectivity index is 1.72. The molecule has 4 rings (SSSR count). The van der Waals surface area contributed by atoms with Gasteiger partial charge < -0.3 is 15.2 Å². The van der Waals surface area contributed by atoms with Crippen molar-refractivity contribution in [3.63, 3.8) is 0 Å². The largest absolute Gasteiger partial charge is 0.485 e. The zero-order valence-corrected chi connectivity index (χ0v) is 14.4. The first-order valence-electron chi connectivity index (χ1n) is 8.35. The van der Waals surface area contributed by atoms with Crippen LogP contribution in [0.3, 0.4) is 0 Å². The standard InChI is InChI=1S/C18H20N4O3/c1-18(2)15(23)14(12-6-9(8-19)4-5-13(12)25-18)20-16-10-7-11(10)17(24)22(3)21-16/h4-6,10-11,14-15,23H,7H2,1-3H3,(H,20,21)/t10-,11+,14-,15+/m1/s1. The molecule has 4 atom stereocenters. The van der Waals surface area contributed by atoms with E-state index >= 15 is 0 Å². The Morgan fingerprint density at radius 1 is 1.44 bits per heavy atom. The zero-order chi connectivity index (χ0) is 17.9. The topological polar surface area (TPSA) is 98.0 Å². The van der Waals surface area contributed by atoms with Gasteiger partial charge in [0.2, 0.25) is 5.91 Å². The highest BCUT2D eigenvalue weighted by Crippen LogP contribution is 2.45. The number of hydrogen-bond donors (Lipinski definition) is 2. The summed E-state index contributed by atoms with van der Waals surface area (Å²) in [6, 6.07) is 6.84. The summed E-state index contributed by atoms with van der Waals surface area (Å²) < 4.78 is 5.92. The Bertz CT molecular complexity index is 826. The van der Waals surface area contributed by atoms with Crippen molar-refractivity contribution in [1.82, 2.24) is 10.3 Å². The SMILES string of the molecule is CN1N=C(N[C@@H]2c3cc(C#N)ccc3OC(C)(C)[C@H]2O)[C@@H]2C[C@@H]2C1=O. The van der Waals surface area contributed by atoms with Crippen LogP contribution < -0.4 is 10.1 Å². The molecular weight excluding hydrogens is 320 g/mol. The predicted molar refractivity (Wildman–Crippen MR) is 89.5 cm³/mol. The van der Waals surface area contributed by atoms with E-state index in [4.69, 9.17) is 4.74 Å². The fourth-order valence-corrected chi connectivity index (χ4v) is 3.62. The van der Waals surface area contributed by atoms with E-state index in [1.54, 1.807) is 25.2 Å². The fraction of sp³-hybridized carbons (Fsp3) is 0.500. The highest BCUT2D eigenvalue weighted by Gasteiger charge is 2.53. The molecule has 7 nitrogen and oxygen atoms in total. The van der Waals surface area contributed by atoms with Gasteiger partial charge in [-0.2, -0.15) is 10.4 Å². The molecule has 1 amide bonds. The number of rotatable bonds is 1. The van der Waals surface area contributed by atoms with Gasteiger partial charge in [-0.05, 0) is 38.5 Å². The smallest absolute Gasteiger partial charge is 0.246 e. The van der Waals surface area contributed by atoms with Gasteiger partial charge in [0.25, 0.3) is 0 Å². The van der Waals surface area contributed by atoms with Crippen LogP contribution in [-0.4, -0.2) is 40.6 Å². The number of amides is 1. The van der Waals surface area contributed by atoms with Crippen molar-refractivity contribution in [1.29, 1.82) is 5.26 Å². The molecule has 0 radical (unpaired) electrons. The number of carbonyl (C=O) groups excluding carboxylic acids is 1. The van der Waals surface area contributed by atoms with E-state index in [0.717, 1.165) is 12.0 Å². The zero-order valence-electron chi connectivity index (χ0n) is 14.4. The molecule has 1 aromatic carbocycles. The first kappa shape index (κ1) is 15.9. The van der Waals surface area contributed by atoms with E-state index in [9.17, 15) is 15.2 Å². The molecule has 2 N–H and O–H groups in total. The molecule has 2 aliphatic heterocycles. The molecule has 0 aromatic heterocycles. The lowest BCUT2D eigenvalue weighted by Gasteiger charge is -2.43. The van der Waals surface area contributed by atoms with Crippen molar-refractivity contribution in [2.45, 2.75) is 38.0 Å². The lowest BCUT2D eigenvalue weighted by Crippen LogP contribution is -2.54. The summed E-state index contributed by atoms with van der Waals surface area (Å²) in [4.78, 5) is 11.9. The van der Waals surface area contributed by atoms with Gasteiger partial charge in [0.1, 0.15) is 23.3 Å². The van der Waals surface area contributed by atoms with E-state index in [-0.39, 0.29) is 17.7 Å². The molecule has 0 unspecified atom stereocenters. The van der Waals surface area contributed by atoms with E-state index in [2.05, 4.69) is 16.5 Å². The van der Waals surface area contributed by atoms with Crippen molar-refractivity contribution in [3.05, 3.63) is 29.3 Å². The molecule has 7 heteroatoms. The maximum atomic E-state index is 11.9. The van der Waals surface area contributed by atoms with Crippen molar-refractivity contribution in [2.24, 2.45) is 16.9 Å². The monoisotopic (exact) mass is 340 g/mol. The Hall–Kier alpha value is -2.59. The average molecular weight is 340 g/mol. The van der Waals surface area contributed by atoms with Crippen LogP contribution in [0.1, 0.15) is 37.4 Å². The van der Waals surface area contributed by atoms with Gasteiger partial charge in [-0.3, -0.25) is 4.79 Å². The van der Waals surface area contributed by atoms with E-state index < -0.39 is 17.7 Å². The number of nitrogens with zero attached hydrogens (tertiary/aromatic N) is 3. The quantitative estimate of drug-likeness (QED) is 0.799. The number of nitriles is 1. The molecule has 3 aliphatic rings. The molecule has 1 aliphatic carbocycles. The van der Waals surface area contributed by atoms with Crippen molar-refractivity contribution >= 4 is 11.7 Å². The summed E-state index contributed by atoms with van der Waals surface area (Å²) in [5.74, 6) is 1.46. The number of aliphatic hydroxyl groups excluding tert-OH is 1. The van der Waals surface area contributed by atoms with Crippen LogP contribution in [-0.2, 0) is 4.79 Å². The van der Waals surface area contributed by atoms with Gasteiger partial charge in [0, 0.05) is 18.5 Å². The predicted octanol–water partition coefficient (Wildman–Crippen LogP) is 1.14. The van der Waals surface area contributed by atoms with Crippen LogP contribution in [0.25, 0.3) is 0 Å². The van der Waals surface area contributed by atoms with Crippen LogP contribution in [0.5, 0.6) is 5.75 Å². The number of benzene rings is 1. The Morgan fingerprint density at radius 3 is 2.92 bits per heavy atom. The molecule has 1 fully saturated rings. The van der Waals surface area contributed by atoms with Crippen molar-refractivity contribution in [3.8, 4) is 11.8 Å². The second-order valence-electron chi connectivity index (χ2n) is 7.43. The third-order valence-corrected chi connectivity index (χ3v) is 5.21. The molecule has 25 heavy (non-hydrogen) atoms. The summed E-state index contributed by atoms with van der Waals surface area (Å²) in [5, 5.41) is 29.1. The number of nitrogens with one attached hydrogen (secondary N) is 1. The van der Waals surface area contributed by atoms with Crippen LogP contribution in [0.4, 0.5) is 0 Å². The van der Waals surface area contributed by atoms with Crippen molar-refractivity contribution < 1.29 is 14.6 Å². The van der Waals surface area contributed by atoms with Crippen LogP contribution >= 0.6 is 0 Å². The number of fused-ring (bicyclic) bond motifs is 2. The van der Waals surface area contributed by atoms with E-state index in [0.29, 0.717) is 17.1 Å². The number of hydrogen-bond acceptors (Lipinski definition) is 6. The highest BCUT2D eigenvalue weighted by atomic mass is 16.5. The van der Waals surface area contributed by atoms with Gasteiger partial charge in [-0.1, -0.05) is 0 Å². The molecule has 0 spiro atoms. The third kappa shape index (κ3) is 2.45. The minimum absolute atomic E-state index is 0.0140. The molecule has 1 saturated carbocycles. The van der Waals surface area contributed by atoms with Crippen molar-refractivity contribution in [2.75, 3.05) is 7.05 Å². The molecular formula is C18H20N4O3. The minimum atomic E-state index is -0.836. The number of amidine groups is 1. The first-order valence-corrected chi connectivity index (χ1v) is 8.35. The Morgan fingerprint density at radius 2 is 2.20 bits per heavy atom. The number of ether oxygens (including phenoxy) is 1. The number of aliphatic hydroxyl groups is 1. The van der Waals surface area contributed by atoms with Gasteiger partial charge in [0.05, 0.1) is 23.6 Å². The molecule has 1 aromatic rings. The van der Waals surface area contributed by atoms with Gasteiger partial charge in [0.15, 0.2) is 0 Å². The third-order valence-electron chi connectivity index (χ3n) is 5.21. The van der Waals surface area contributed by atoms with Gasteiger partial charge >= 0.3 is 0 Å². The van der Waals surface area contributed by atoms with Crippen LogP contribution in [0.2, 0.25) is 0 Å². The molecule has 130 valence electrons. The maximum Gasteiger partial charge on any atom is 0.246 e. The normalized spacial score (nSPS) is 31.9. The summed E-state index contributed by atoms with van der Waals surface area (Å²) in [7, 11) is 1.64. The van der Waals surface area contributed by atoms with Gasteiger partial charge in [-0.25, -0.2) is 5.01 Å². The number of carbonyl (C=O) groups is 1.